The molecule has 1 saturated heterocycles. The van der Waals surface area contributed by atoms with Gasteiger partial charge in [0, 0.05) is 24.8 Å². The molecule has 6 nitrogen and oxygen atoms in total. The van der Waals surface area contributed by atoms with Crippen LogP contribution in [0.4, 0.5) is 9.18 Å². The van der Waals surface area contributed by atoms with E-state index in [0.717, 1.165) is 19.4 Å². The lowest BCUT2D eigenvalue weighted by Gasteiger charge is -2.40. The average Bonchev–Trinajstić information content (AvgIpc) is 2.72. The summed E-state index contributed by atoms with van der Waals surface area (Å²) in [5, 5.41) is 2.89. The second-order valence-electron chi connectivity index (χ2n) is 7.73. The van der Waals surface area contributed by atoms with E-state index in [1.54, 1.807) is 30.0 Å². The Balaban J connectivity index is 2.10. The fourth-order valence-electron chi connectivity index (χ4n) is 4.14. The van der Waals surface area contributed by atoms with Gasteiger partial charge in [0.05, 0.1) is 18.2 Å². The molecule has 1 aromatic carbocycles. The van der Waals surface area contributed by atoms with Crippen molar-refractivity contribution in [1.82, 2.24) is 15.1 Å². The molecule has 1 N–H and O–H groups in total. The van der Waals surface area contributed by atoms with Gasteiger partial charge in [-0.25, -0.2) is 14.0 Å². The van der Waals surface area contributed by atoms with E-state index in [2.05, 4.69) is 23.7 Å². The molecule has 1 aromatic rings. The van der Waals surface area contributed by atoms with Crippen molar-refractivity contribution in [2.45, 2.75) is 45.2 Å². The summed E-state index contributed by atoms with van der Waals surface area (Å²) in [5.74, 6) is -0.848. The second-order valence-corrected chi connectivity index (χ2v) is 7.73. The van der Waals surface area contributed by atoms with Gasteiger partial charge in [-0.1, -0.05) is 24.6 Å². The monoisotopic (exact) mass is 415 g/mol. The zero-order valence-electron chi connectivity index (χ0n) is 17.7. The van der Waals surface area contributed by atoms with E-state index in [9.17, 15) is 14.0 Å². The smallest absolute Gasteiger partial charge is 0.338 e. The van der Waals surface area contributed by atoms with Crippen molar-refractivity contribution < 1.29 is 18.7 Å². The molecule has 0 aromatic heterocycles. The first-order valence-corrected chi connectivity index (χ1v) is 10.5. The Morgan fingerprint density at radius 1 is 1.33 bits per heavy atom. The number of halogens is 1. The quantitative estimate of drug-likeness (QED) is 0.544. The molecule has 0 saturated carbocycles. The largest absolute Gasteiger partial charge is 0.463 e. The summed E-state index contributed by atoms with van der Waals surface area (Å²) in [5.41, 5.74) is 1.65. The van der Waals surface area contributed by atoms with E-state index < -0.39 is 12.0 Å². The standard InChI is InChI=1S/C23H30FN3O3/c1-4-13-27-19(15-26-14-7-6-8-16(26)3)20(22(28)30-5-2)21(25-23(27)29)17-9-11-18(24)12-10-17/h4,9-12,16,21H,1,5-8,13-15H2,2-3H3,(H,25,29). The van der Waals surface area contributed by atoms with Crippen LogP contribution in [-0.4, -0.2) is 54.1 Å². The third-order valence-electron chi connectivity index (χ3n) is 5.74. The summed E-state index contributed by atoms with van der Waals surface area (Å²) in [6.45, 7) is 9.56. The predicted octanol–water partition coefficient (Wildman–Crippen LogP) is 3.77. The number of hydrogen-bond acceptors (Lipinski definition) is 4. The maximum atomic E-state index is 13.5. The number of rotatable bonds is 7. The Bertz CT molecular complexity index is 821. The van der Waals surface area contributed by atoms with Gasteiger partial charge in [-0.05, 0) is 50.9 Å². The van der Waals surface area contributed by atoms with Crippen LogP contribution >= 0.6 is 0 Å². The minimum Gasteiger partial charge on any atom is -0.463 e. The zero-order valence-corrected chi connectivity index (χ0v) is 17.7. The van der Waals surface area contributed by atoms with E-state index >= 15 is 0 Å². The highest BCUT2D eigenvalue weighted by molar-refractivity contribution is 5.95. The number of urea groups is 1. The lowest BCUT2D eigenvalue weighted by molar-refractivity contribution is -0.139. The molecule has 2 aliphatic rings. The number of benzene rings is 1. The highest BCUT2D eigenvalue weighted by Gasteiger charge is 2.39. The SMILES string of the molecule is C=CCN1C(=O)NC(c2ccc(F)cc2)C(C(=O)OCC)=C1CN1CCCCC1C. The van der Waals surface area contributed by atoms with Crippen LogP contribution in [0, 0.1) is 5.82 Å². The third kappa shape index (κ3) is 4.73. The van der Waals surface area contributed by atoms with Crippen LogP contribution in [0.25, 0.3) is 0 Å². The van der Waals surface area contributed by atoms with Gasteiger partial charge in [0.1, 0.15) is 5.82 Å². The number of ether oxygens (including phenoxy) is 1. The summed E-state index contributed by atoms with van der Waals surface area (Å²) in [6.07, 6.45) is 4.98. The number of nitrogens with zero attached hydrogens (tertiary/aromatic N) is 2. The van der Waals surface area contributed by atoms with Gasteiger partial charge < -0.3 is 10.1 Å². The van der Waals surface area contributed by atoms with Gasteiger partial charge in [-0.2, -0.15) is 0 Å². The highest BCUT2D eigenvalue weighted by atomic mass is 19.1. The Hall–Kier alpha value is -2.67. The van der Waals surface area contributed by atoms with Crippen molar-refractivity contribution in [1.29, 1.82) is 0 Å². The first kappa shape index (κ1) is 22.0. The van der Waals surface area contributed by atoms with E-state index in [-0.39, 0.29) is 25.0 Å². The van der Waals surface area contributed by atoms with E-state index in [4.69, 9.17) is 4.74 Å². The molecular weight excluding hydrogens is 385 g/mol. The number of carbonyl (C=O) groups is 2. The molecule has 2 unspecified atom stereocenters. The predicted molar refractivity (Wildman–Crippen MR) is 113 cm³/mol. The molecule has 2 aliphatic heterocycles. The summed E-state index contributed by atoms with van der Waals surface area (Å²) < 4.78 is 18.9. The number of likely N-dealkylation sites (tertiary alicyclic amines) is 1. The van der Waals surface area contributed by atoms with Crippen molar-refractivity contribution in [2.75, 3.05) is 26.2 Å². The number of esters is 1. The topological polar surface area (TPSA) is 61.9 Å². The summed E-state index contributed by atoms with van der Waals surface area (Å²) in [6, 6.07) is 5.17. The minimum atomic E-state index is -0.701. The van der Waals surface area contributed by atoms with Crippen LogP contribution in [0.15, 0.2) is 48.2 Å². The van der Waals surface area contributed by atoms with E-state index in [1.807, 2.05) is 0 Å². The number of hydrogen-bond donors (Lipinski definition) is 1. The van der Waals surface area contributed by atoms with Crippen LogP contribution in [0.2, 0.25) is 0 Å². The van der Waals surface area contributed by atoms with Crippen LogP contribution in [0.5, 0.6) is 0 Å². The molecule has 2 atom stereocenters. The van der Waals surface area contributed by atoms with Crippen molar-refractivity contribution in [3.63, 3.8) is 0 Å². The molecule has 3 rings (SSSR count). The van der Waals surface area contributed by atoms with Gasteiger partial charge in [-0.3, -0.25) is 9.80 Å². The summed E-state index contributed by atoms with van der Waals surface area (Å²) in [7, 11) is 0. The van der Waals surface area contributed by atoms with Crippen LogP contribution in [0.3, 0.4) is 0 Å². The van der Waals surface area contributed by atoms with E-state index in [0.29, 0.717) is 29.4 Å². The molecule has 0 bridgehead atoms. The molecule has 0 radical (unpaired) electrons. The second kappa shape index (κ2) is 9.89. The van der Waals surface area contributed by atoms with Crippen molar-refractivity contribution >= 4 is 12.0 Å². The molecule has 162 valence electrons. The lowest BCUT2D eigenvalue weighted by Crippen LogP contribution is -2.52. The average molecular weight is 416 g/mol. The van der Waals surface area contributed by atoms with Gasteiger partial charge in [0.25, 0.3) is 0 Å². The van der Waals surface area contributed by atoms with Crippen molar-refractivity contribution in [3.8, 4) is 0 Å². The van der Waals surface area contributed by atoms with Crippen LogP contribution in [0.1, 0.15) is 44.7 Å². The Labute approximate surface area is 177 Å². The minimum absolute atomic E-state index is 0.223. The first-order chi connectivity index (χ1) is 14.5. The molecule has 1 fully saturated rings. The van der Waals surface area contributed by atoms with Gasteiger partial charge >= 0.3 is 12.0 Å². The highest BCUT2D eigenvalue weighted by Crippen LogP contribution is 2.33. The molecular formula is C23H30FN3O3. The zero-order chi connectivity index (χ0) is 21.7. The molecule has 30 heavy (non-hydrogen) atoms. The normalized spacial score (nSPS) is 22.6. The molecule has 0 spiro atoms. The number of carbonyl (C=O) groups excluding carboxylic acids is 2. The Kier molecular flexibility index (Phi) is 7.26. The maximum Gasteiger partial charge on any atom is 0.338 e. The number of piperidine rings is 1. The van der Waals surface area contributed by atoms with Crippen molar-refractivity contribution in [3.05, 3.63) is 59.6 Å². The third-order valence-corrected chi connectivity index (χ3v) is 5.74. The Morgan fingerprint density at radius 3 is 2.70 bits per heavy atom. The maximum absolute atomic E-state index is 13.5. The van der Waals surface area contributed by atoms with Crippen LogP contribution < -0.4 is 5.32 Å². The van der Waals surface area contributed by atoms with Gasteiger partial charge in [-0.15, -0.1) is 6.58 Å². The van der Waals surface area contributed by atoms with E-state index in [1.165, 1.54) is 18.6 Å². The first-order valence-electron chi connectivity index (χ1n) is 10.5. The van der Waals surface area contributed by atoms with Crippen LogP contribution in [-0.2, 0) is 9.53 Å². The fourth-order valence-corrected chi connectivity index (χ4v) is 4.14. The molecule has 7 heteroatoms. The Morgan fingerprint density at radius 2 is 2.07 bits per heavy atom. The van der Waals surface area contributed by atoms with Gasteiger partial charge in [0.15, 0.2) is 0 Å². The molecule has 0 aliphatic carbocycles. The molecule has 2 heterocycles. The summed E-state index contributed by atoms with van der Waals surface area (Å²) >= 11 is 0. The number of nitrogens with one attached hydrogen (secondary N) is 1. The summed E-state index contributed by atoms with van der Waals surface area (Å²) in [4.78, 5) is 29.9. The van der Waals surface area contributed by atoms with Crippen molar-refractivity contribution in [2.24, 2.45) is 0 Å². The lowest BCUT2D eigenvalue weighted by atomic mass is 9.93. The fraction of sp³-hybridized carbons (Fsp3) is 0.478. The number of amides is 2. The molecule has 2 amide bonds. The van der Waals surface area contributed by atoms with Gasteiger partial charge in [0.2, 0.25) is 0 Å².